The molecule has 4 heterocycles. The number of aromatic nitrogens is 1. The van der Waals surface area contributed by atoms with Crippen LogP contribution >= 0.6 is 23.2 Å². The topological polar surface area (TPSA) is 142 Å². The van der Waals surface area contributed by atoms with Gasteiger partial charge in [-0.1, -0.05) is 53.1 Å². The highest BCUT2D eigenvalue weighted by molar-refractivity contribution is 6.33. The molecule has 5 aliphatic rings. The van der Waals surface area contributed by atoms with E-state index >= 15 is 4.79 Å². The maximum Gasteiger partial charge on any atom is 0.417 e. The maximum absolute atomic E-state index is 15.4. The highest BCUT2D eigenvalue weighted by atomic mass is 35.5. The van der Waals surface area contributed by atoms with Gasteiger partial charge in [-0.3, -0.25) is 29.5 Å². The van der Waals surface area contributed by atoms with Gasteiger partial charge in [0.2, 0.25) is 11.8 Å². The number of hydrogen-bond acceptors (Lipinski definition) is 10. The Balaban J connectivity index is 1.17. The van der Waals surface area contributed by atoms with Crippen molar-refractivity contribution < 1.29 is 46.9 Å². The third-order valence-corrected chi connectivity index (χ3v) is 13.1. The number of ether oxygens (including phenoxy) is 2. The molecule has 17 heteroatoms. The Morgan fingerprint density at radius 3 is 2.25 bits per heavy atom. The molecule has 2 N–H and O–H groups in total. The number of allylic oxidation sites excluding steroid dienone is 2. The lowest BCUT2D eigenvalue weighted by molar-refractivity contribution is -0.139. The number of anilines is 3. The first-order valence-corrected chi connectivity index (χ1v) is 20.0. The van der Waals surface area contributed by atoms with Gasteiger partial charge in [-0.2, -0.15) is 18.2 Å². The molecule has 1 aromatic heterocycles. The molecule has 310 valence electrons. The van der Waals surface area contributed by atoms with Crippen molar-refractivity contribution in [1.29, 1.82) is 0 Å². The van der Waals surface area contributed by atoms with Crippen LogP contribution in [-0.2, 0) is 35.5 Å². The summed E-state index contributed by atoms with van der Waals surface area (Å²) in [5, 5.41) is 12.3. The van der Waals surface area contributed by atoms with Gasteiger partial charge in [-0.25, -0.2) is 4.98 Å². The van der Waals surface area contributed by atoms with Crippen molar-refractivity contribution in [2.24, 2.45) is 23.7 Å². The quantitative estimate of drug-likeness (QED) is 0.146. The molecule has 4 fully saturated rings. The smallest absolute Gasteiger partial charge is 0.417 e. The molecule has 0 radical (unpaired) electrons. The van der Waals surface area contributed by atoms with E-state index in [0.29, 0.717) is 71.2 Å². The van der Waals surface area contributed by atoms with Crippen LogP contribution in [0.2, 0.25) is 10.0 Å². The van der Waals surface area contributed by atoms with E-state index in [1.165, 1.54) is 18.1 Å². The number of carbonyl (C=O) groups excluding carboxylic acids is 4. The molecule has 3 aliphatic heterocycles. The number of rotatable bonds is 7. The number of halogens is 5. The molecule has 60 heavy (non-hydrogen) atoms. The minimum Gasteiger partial charge on any atom is -0.508 e. The molecule has 3 aromatic carbocycles. The van der Waals surface area contributed by atoms with Gasteiger partial charge in [-0.05, 0) is 72.9 Å². The zero-order chi connectivity index (χ0) is 42.2. The van der Waals surface area contributed by atoms with Crippen LogP contribution < -0.4 is 20.0 Å². The highest BCUT2D eigenvalue weighted by Crippen LogP contribution is 2.65. The summed E-state index contributed by atoms with van der Waals surface area (Å²) in [5.41, 5.74) is 2.14. The second-order valence-electron chi connectivity index (χ2n) is 15.5. The number of amides is 4. The second-order valence-corrected chi connectivity index (χ2v) is 16.3. The number of nitrogens with zero attached hydrogens (tertiary/aromatic N) is 4. The van der Waals surface area contributed by atoms with Crippen LogP contribution in [0.15, 0.2) is 90.6 Å². The first kappa shape index (κ1) is 39.8. The lowest BCUT2D eigenvalue weighted by atomic mass is 9.49. The number of phenols is 1. The molecule has 9 rings (SSSR count). The number of imide groups is 2. The fourth-order valence-electron chi connectivity index (χ4n) is 9.91. The third-order valence-electron chi connectivity index (χ3n) is 12.6. The monoisotopic (exact) mass is 861 g/mol. The minimum atomic E-state index is -4.77. The summed E-state index contributed by atoms with van der Waals surface area (Å²) < 4.78 is 51.5. The van der Waals surface area contributed by atoms with Gasteiger partial charge in [0.15, 0.2) is 5.82 Å². The highest BCUT2D eigenvalue weighted by Gasteiger charge is 2.70. The number of carbonyl (C=O) groups is 4. The SMILES string of the molecule is COc1ccc([C@H]2C3=CC[C@@H]4C(=O)N(c5ccc(N6CCOCC6)cc5)C(=O)[C@@H]4[C@@H]3C[C@H]3C(=O)N(Nc4ncc(C(F)(F)F)cc4Cl)C(=O)[C@@]23c2ccc(Cl)cc2)c(O)c1. The van der Waals surface area contributed by atoms with Crippen molar-refractivity contribution >= 4 is 64.0 Å². The van der Waals surface area contributed by atoms with E-state index in [0.717, 1.165) is 5.69 Å². The fraction of sp³-hybridized carbons (Fsp3) is 0.326. The second kappa shape index (κ2) is 14.8. The minimum absolute atomic E-state index is 0.0806. The molecule has 0 bridgehead atoms. The van der Waals surface area contributed by atoms with Crippen molar-refractivity contribution in [3.05, 3.63) is 117 Å². The van der Waals surface area contributed by atoms with Crippen molar-refractivity contribution in [2.45, 2.75) is 30.4 Å². The molecular formula is C43H36Cl2F3N5O7. The van der Waals surface area contributed by atoms with Gasteiger partial charge in [-0.15, -0.1) is 0 Å². The summed E-state index contributed by atoms with van der Waals surface area (Å²) in [6.07, 6.45) is -2.34. The van der Waals surface area contributed by atoms with Crippen LogP contribution in [-0.4, -0.2) is 72.1 Å². The Bertz CT molecular complexity index is 2460. The molecule has 12 nitrogen and oxygen atoms in total. The van der Waals surface area contributed by atoms with Crippen LogP contribution in [0.3, 0.4) is 0 Å². The largest absolute Gasteiger partial charge is 0.508 e. The van der Waals surface area contributed by atoms with E-state index in [4.69, 9.17) is 32.7 Å². The number of nitrogens with one attached hydrogen (secondary N) is 1. The lowest BCUT2D eigenvalue weighted by Crippen LogP contribution is -2.53. The zero-order valence-electron chi connectivity index (χ0n) is 31.8. The van der Waals surface area contributed by atoms with Crippen LogP contribution in [0.25, 0.3) is 0 Å². The molecule has 0 spiro atoms. The summed E-state index contributed by atoms with van der Waals surface area (Å²) in [6.45, 7) is 2.57. The molecule has 4 aromatic rings. The van der Waals surface area contributed by atoms with Gasteiger partial charge in [0.1, 0.15) is 11.5 Å². The van der Waals surface area contributed by atoms with Gasteiger partial charge in [0.05, 0.1) is 59.8 Å². The van der Waals surface area contributed by atoms with Crippen LogP contribution in [0, 0.1) is 23.7 Å². The number of alkyl halides is 3. The fourth-order valence-corrected chi connectivity index (χ4v) is 10.2. The van der Waals surface area contributed by atoms with Gasteiger partial charge < -0.3 is 19.5 Å². The van der Waals surface area contributed by atoms with E-state index in [1.54, 1.807) is 48.5 Å². The van der Waals surface area contributed by atoms with Crippen LogP contribution in [0.4, 0.5) is 30.4 Å². The number of pyridine rings is 1. The number of aromatic hydroxyl groups is 1. The number of fused-ring (bicyclic) bond motifs is 4. The van der Waals surface area contributed by atoms with Crippen molar-refractivity contribution in [3.63, 3.8) is 0 Å². The average Bonchev–Trinajstić information content (AvgIpc) is 3.62. The van der Waals surface area contributed by atoms with Crippen LogP contribution in [0.5, 0.6) is 11.5 Å². The molecule has 6 atom stereocenters. The number of morpholine rings is 1. The Morgan fingerprint density at radius 2 is 1.60 bits per heavy atom. The van der Waals surface area contributed by atoms with Crippen LogP contribution in [0.1, 0.15) is 35.4 Å². The van der Waals surface area contributed by atoms with Crippen molar-refractivity contribution in [2.75, 3.05) is 48.6 Å². The Hall–Kier alpha value is -5.64. The molecule has 1 saturated carbocycles. The van der Waals surface area contributed by atoms with Gasteiger partial charge in [0.25, 0.3) is 11.8 Å². The standard InChI is InChI=1S/C43H36Cl2F3N5O7/c1-59-27-10-11-29(34(54)19-27)36-28-12-13-30-35(40(57)52(38(30)55)26-8-6-25(7-9-26)51-14-16-60-17-15-51)31(28)20-32-39(56)53(41(58)42(32,36)22-2-4-24(44)5-3-22)50-37-33(45)18-23(21-49-37)43(46,47)48/h2-12,18-19,21,30-32,35-36,54H,13-17,20H2,1H3,(H,49,50)/t30-,31+,32-,35-,36+,42+/m0/s1. The van der Waals surface area contributed by atoms with Gasteiger partial charge >= 0.3 is 6.18 Å². The number of hydrazine groups is 1. The normalized spacial score (nSPS) is 26.5. The number of phenolic OH excluding ortho intramolecular Hbond substituents is 1. The predicted octanol–water partition coefficient (Wildman–Crippen LogP) is 7.15. The van der Waals surface area contributed by atoms with Gasteiger partial charge in [0, 0.05) is 47.5 Å². The summed E-state index contributed by atoms with van der Waals surface area (Å²) in [4.78, 5) is 66.5. The number of benzene rings is 3. The first-order valence-electron chi connectivity index (χ1n) is 19.2. The first-order chi connectivity index (χ1) is 28.7. The molecule has 3 saturated heterocycles. The maximum atomic E-state index is 15.4. The van der Waals surface area contributed by atoms with E-state index in [-0.39, 0.29) is 30.0 Å². The Kier molecular flexibility index (Phi) is 9.83. The molecular weight excluding hydrogens is 826 g/mol. The van der Waals surface area contributed by atoms with E-state index in [1.807, 2.05) is 18.2 Å². The van der Waals surface area contributed by atoms with E-state index < -0.39 is 75.4 Å². The van der Waals surface area contributed by atoms with Crippen molar-refractivity contribution in [1.82, 2.24) is 9.99 Å². The Morgan fingerprint density at radius 1 is 0.900 bits per heavy atom. The third kappa shape index (κ3) is 6.19. The zero-order valence-corrected chi connectivity index (χ0v) is 33.3. The van der Waals surface area contributed by atoms with E-state index in [2.05, 4.69) is 15.3 Å². The molecule has 0 unspecified atom stereocenters. The summed E-state index contributed by atoms with van der Waals surface area (Å²) in [5.74, 6) is -7.61. The predicted molar refractivity (Wildman–Crippen MR) is 213 cm³/mol. The summed E-state index contributed by atoms with van der Waals surface area (Å²) >= 11 is 12.6. The average molecular weight is 863 g/mol. The Labute approximate surface area is 351 Å². The van der Waals surface area contributed by atoms with E-state index in [9.17, 15) is 32.7 Å². The summed E-state index contributed by atoms with van der Waals surface area (Å²) in [6, 6.07) is 18.7. The number of methoxy groups -OCH3 is 1. The summed E-state index contributed by atoms with van der Waals surface area (Å²) in [7, 11) is 1.42. The molecule has 4 amide bonds. The van der Waals surface area contributed by atoms with Crippen molar-refractivity contribution in [3.8, 4) is 11.5 Å². The number of hydrogen-bond donors (Lipinski definition) is 2. The molecule has 2 aliphatic carbocycles. The lowest BCUT2D eigenvalue weighted by Gasteiger charge is -2.50.